The van der Waals surface area contributed by atoms with Gasteiger partial charge in [-0.25, -0.2) is 4.98 Å². The Balaban J connectivity index is 2.14. The van der Waals surface area contributed by atoms with Gasteiger partial charge in [-0.05, 0) is 48.0 Å². The molecule has 2 rings (SSSR count). The topological polar surface area (TPSA) is 30.0 Å². The highest BCUT2D eigenvalue weighted by atomic mass is 79.9. The Morgan fingerprint density at radius 1 is 1.22 bits per heavy atom. The van der Waals surface area contributed by atoms with Crippen LogP contribution in [0, 0.1) is 0 Å². The minimum Gasteiger partial charge on any atom is -0.289 e. The summed E-state index contributed by atoms with van der Waals surface area (Å²) in [6, 6.07) is 10.7. The van der Waals surface area contributed by atoms with Crippen LogP contribution in [0.3, 0.4) is 0 Å². The first-order valence-electron chi connectivity index (χ1n) is 5.25. The van der Waals surface area contributed by atoms with E-state index in [4.69, 9.17) is 11.6 Å². The average molecular weight is 323 g/mol. The second kappa shape index (κ2) is 5.94. The maximum absolute atomic E-state index is 11.9. The zero-order chi connectivity index (χ0) is 13.0. The Morgan fingerprint density at radius 2 is 1.94 bits per heavy atom. The predicted molar refractivity (Wildman–Crippen MR) is 76.8 cm³/mol. The van der Waals surface area contributed by atoms with E-state index in [2.05, 4.69) is 20.9 Å². The van der Waals surface area contributed by atoms with Crippen molar-refractivity contribution in [3.05, 3.63) is 69.4 Å². The molecule has 0 unspecified atom stereocenters. The van der Waals surface area contributed by atoms with Crippen molar-refractivity contribution < 1.29 is 4.79 Å². The van der Waals surface area contributed by atoms with E-state index >= 15 is 0 Å². The van der Waals surface area contributed by atoms with E-state index < -0.39 is 0 Å². The second-order valence-corrected chi connectivity index (χ2v) is 4.92. The first-order chi connectivity index (χ1) is 8.65. The second-order valence-electron chi connectivity index (χ2n) is 3.62. The fraction of sp³-hybridized carbons (Fsp3) is 0. The number of nitrogens with zero attached hydrogens (tertiary/aromatic N) is 1. The molecule has 0 aliphatic rings. The Labute approximate surface area is 118 Å². The molecule has 0 atom stereocenters. The first kappa shape index (κ1) is 13.0. The quantitative estimate of drug-likeness (QED) is 0.476. The van der Waals surface area contributed by atoms with Gasteiger partial charge < -0.3 is 0 Å². The largest absolute Gasteiger partial charge is 0.289 e. The number of carbonyl (C=O) groups excluding carboxylic acids is 1. The standard InChI is InChI=1S/C14H9BrClNO/c15-12-4-2-11(3-5-12)13(18)6-1-10-7-8-17-14(16)9-10/h1-9H. The number of allylic oxidation sites excluding steroid dienone is 1. The third-order valence-corrected chi connectivity index (χ3v) is 3.04. The fourth-order valence-corrected chi connectivity index (χ4v) is 1.85. The molecule has 0 bridgehead atoms. The van der Waals surface area contributed by atoms with Crippen molar-refractivity contribution in [1.29, 1.82) is 0 Å². The smallest absolute Gasteiger partial charge is 0.185 e. The lowest BCUT2D eigenvalue weighted by molar-refractivity contribution is 0.104. The molecule has 0 amide bonds. The summed E-state index contributed by atoms with van der Waals surface area (Å²) in [5, 5.41) is 0.410. The maximum atomic E-state index is 11.9. The Bertz CT molecular complexity index is 593. The number of aromatic nitrogens is 1. The van der Waals surface area contributed by atoms with Gasteiger partial charge in [-0.3, -0.25) is 4.79 Å². The molecule has 2 aromatic rings. The molecule has 0 aliphatic carbocycles. The molecule has 0 fully saturated rings. The summed E-state index contributed by atoms with van der Waals surface area (Å²) in [6.07, 6.45) is 4.85. The number of ketones is 1. The van der Waals surface area contributed by atoms with Crippen molar-refractivity contribution in [2.75, 3.05) is 0 Å². The molecule has 0 spiro atoms. The van der Waals surface area contributed by atoms with Gasteiger partial charge >= 0.3 is 0 Å². The van der Waals surface area contributed by atoms with Crippen LogP contribution in [0.1, 0.15) is 15.9 Å². The molecule has 4 heteroatoms. The van der Waals surface area contributed by atoms with Gasteiger partial charge in [0.05, 0.1) is 0 Å². The number of hydrogen-bond donors (Lipinski definition) is 0. The summed E-state index contributed by atoms with van der Waals surface area (Å²) in [5.41, 5.74) is 1.50. The van der Waals surface area contributed by atoms with Crippen LogP contribution >= 0.6 is 27.5 Å². The lowest BCUT2D eigenvalue weighted by Gasteiger charge is -1.96. The average Bonchev–Trinajstić information content (AvgIpc) is 2.37. The summed E-state index contributed by atoms with van der Waals surface area (Å²) in [4.78, 5) is 15.7. The number of benzene rings is 1. The lowest BCUT2D eigenvalue weighted by Crippen LogP contribution is -1.93. The number of rotatable bonds is 3. The molecule has 0 aliphatic heterocycles. The van der Waals surface area contributed by atoms with Crippen LogP contribution in [0.15, 0.2) is 53.1 Å². The van der Waals surface area contributed by atoms with Gasteiger partial charge in [0, 0.05) is 16.2 Å². The van der Waals surface area contributed by atoms with Crippen molar-refractivity contribution in [1.82, 2.24) is 4.98 Å². The molecule has 1 heterocycles. The normalized spacial score (nSPS) is 10.8. The molecule has 90 valence electrons. The fourth-order valence-electron chi connectivity index (χ4n) is 1.40. The molecular weight excluding hydrogens is 314 g/mol. The van der Waals surface area contributed by atoms with Gasteiger partial charge in [0.1, 0.15) is 5.15 Å². The van der Waals surface area contributed by atoms with Crippen molar-refractivity contribution in [3.8, 4) is 0 Å². The maximum Gasteiger partial charge on any atom is 0.185 e. The summed E-state index contributed by atoms with van der Waals surface area (Å²) < 4.78 is 0.948. The molecule has 18 heavy (non-hydrogen) atoms. The van der Waals surface area contributed by atoms with E-state index in [1.807, 2.05) is 12.1 Å². The van der Waals surface area contributed by atoms with Gasteiger partial charge in [0.15, 0.2) is 5.78 Å². The zero-order valence-electron chi connectivity index (χ0n) is 9.31. The van der Waals surface area contributed by atoms with Crippen LogP contribution < -0.4 is 0 Å². The van der Waals surface area contributed by atoms with Crippen LogP contribution in [0.5, 0.6) is 0 Å². The Hall–Kier alpha value is -1.45. The molecule has 0 radical (unpaired) electrons. The van der Waals surface area contributed by atoms with E-state index in [1.54, 1.807) is 36.5 Å². The number of halogens is 2. The summed E-state index contributed by atoms with van der Waals surface area (Å²) in [7, 11) is 0. The highest BCUT2D eigenvalue weighted by molar-refractivity contribution is 9.10. The van der Waals surface area contributed by atoms with E-state index in [-0.39, 0.29) is 5.78 Å². The molecule has 1 aromatic carbocycles. The zero-order valence-corrected chi connectivity index (χ0v) is 11.6. The van der Waals surface area contributed by atoms with Crippen molar-refractivity contribution in [2.45, 2.75) is 0 Å². The van der Waals surface area contributed by atoms with Crippen LogP contribution in [0.25, 0.3) is 6.08 Å². The highest BCUT2D eigenvalue weighted by Gasteiger charge is 2.00. The van der Waals surface area contributed by atoms with Gasteiger partial charge in [0.25, 0.3) is 0 Å². The van der Waals surface area contributed by atoms with Crippen LogP contribution in [-0.4, -0.2) is 10.8 Å². The molecule has 0 saturated carbocycles. The van der Waals surface area contributed by atoms with E-state index in [0.29, 0.717) is 10.7 Å². The number of pyridine rings is 1. The van der Waals surface area contributed by atoms with E-state index in [9.17, 15) is 4.79 Å². The third-order valence-electron chi connectivity index (χ3n) is 2.31. The van der Waals surface area contributed by atoms with Gasteiger partial charge in [0.2, 0.25) is 0 Å². The first-order valence-corrected chi connectivity index (χ1v) is 6.42. The van der Waals surface area contributed by atoms with Gasteiger partial charge in [-0.1, -0.05) is 33.6 Å². The van der Waals surface area contributed by atoms with Crippen LogP contribution in [0.4, 0.5) is 0 Å². The highest BCUT2D eigenvalue weighted by Crippen LogP contribution is 2.13. The molecule has 1 aromatic heterocycles. The molecular formula is C14H9BrClNO. The van der Waals surface area contributed by atoms with Crippen LogP contribution in [-0.2, 0) is 0 Å². The molecule has 0 saturated heterocycles. The predicted octanol–water partition coefficient (Wildman–Crippen LogP) is 4.39. The summed E-state index contributed by atoms with van der Waals surface area (Å²) in [6.45, 7) is 0. The number of carbonyl (C=O) groups is 1. The van der Waals surface area contributed by atoms with Crippen molar-refractivity contribution in [3.63, 3.8) is 0 Å². The van der Waals surface area contributed by atoms with Crippen molar-refractivity contribution >= 4 is 39.4 Å². The summed E-state index contributed by atoms with van der Waals surface area (Å²) in [5.74, 6) is -0.0459. The van der Waals surface area contributed by atoms with Gasteiger partial charge in [-0.2, -0.15) is 0 Å². The molecule has 0 N–H and O–H groups in total. The SMILES string of the molecule is O=C(C=Cc1ccnc(Cl)c1)c1ccc(Br)cc1. The minimum absolute atomic E-state index is 0.0459. The van der Waals surface area contributed by atoms with E-state index in [1.165, 1.54) is 6.08 Å². The number of hydrogen-bond acceptors (Lipinski definition) is 2. The Kier molecular flexibility index (Phi) is 4.28. The Morgan fingerprint density at radius 3 is 2.61 bits per heavy atom. The van der Waals surface area contributed by atoms with E-state index in [0.717, 1.165) is 10.0 Å². The monoisotopic (exact) mass is 321 g/mol. The summed E-state index contributed by atoms with van der Waals surface area (Å²) >= 11 is 9.09. The lowest BCUT2D eigenvalue weighted by atomic mass is 10.1. The van der Waals surface area contributed by atoms with Crippen molar-refractivity contribution in [2.24, 2.45) is 0 Å². The third kappa shape index (κ3) is 3.52. The van der Waals surface area contributed by atoms with Gasteiger partial charge in [-0.15, -0.1) is 0 Å². The molecule has 2 nitrogen and oxygen atoms in total. The minimum atomic E-state index is -0.0459. The van der Waals surface area contributed by atoms with Crippen LogP contribution in [0.2, 0.25) is 5.15 Å².